The highest BCUT2D eigenvalue weighted by atomic mass is 32.2. The molecule has 1 aromatic carbocycles. The predicted octanol–water partition coefficient (Wildman–Crippen LogP) is 0.415. The summed E-state index contributed by atoms with van der Waals surface area (Å²) in [5.41, 5.74) is 0.857. The van der Waals surface area contributed by atoms with Crippen LogP contribution in [0, 0.1) is 0 Å². The monoisotopic (exact) mass is 295 g/mol. The summed E-state index contributed by atoms with van der Waals surface area (Å²) in [6.45, 7) is 0.323. The van der Waals surface area contributed by atoms with Crippen molar-refractivity contribution in [1.82, 2.24) is 24.0 Å². The van der Waals surface area contributed by atoms with Crippen LogP contribution in [0.5, 0.6) is 0 Å². The van der Waals surface area contributed by atoms with E-state index in [1.807, 2.05) is 30.3 Å². The van der Waals surface area contributed by atoms with Gasteiger partial charge in [0.25, 0.3) is 10.2 Å². The van der Waals surface area contributed by atoms with Gasteiger partial charge >= 0.3 is 0 Å². The normalized spacial score (nSPS) is 13.6. The van der Waals surface area contributed by atoms with Gasteiger partial charge in [-0.3, -0.25) is 0 Å². The summed E-state index contributed by atoms with van der Waals surface area (Å²) in [6.07, 6.45) is 3.12. The molecule has 0 aliphatic rings. The van der Waals surface area contributed by atoms with Gasteiger partial charge in [-0.2, -0.15) is 32.4 Å². The number of aromatic nitrogens is 3. The van der Waals surface area contributed by atoms with E-state index in [1.54, 1.807) is 12.4 Å². The number of nitrogens with one attached hydrogen (secondary N) is 1. The molecule has 0 fully saturated rings. The van der Waals surface area contributed by atoms with Gasteiger partial charge in [0.1, 0.15) is 0 Å². The molecule has 1 atom stereocenters. The van der Waals surface area contributed by atoms with Gasteiger partial charge in [0.15, 0.2) is 0 Å². The summed E-state index contributed by atoms with van der Waals surface area (Å²) >= 11 is 0. The van der Waals surface area contributed by atoms with Crippen molar-refractivity contribution < 1.29 is 8.42 Å². The number of nitrogens with zero attached hydrogens (tertiary/aromatic N) is 4. The van der Waals surface area contributed by atoms with Crippen molar-refractivity contribution in [2.45, 2.75) is 12.6 Å². The third kappa shape index (κ3) is 3.62. The molecular weight excluding hydrogens is 278 g/mol. The van der Waals surface area contributed by atoms with Crippen LogP contribution >= 0.6 is 0 Å². The first-order valence-corrected chi connectivity index (χ1v) is 7.52. The van der Waals surface area contributed by atoms with E-state index >= 15 is 0 Å². The minimum absolute atomic E-state index is 0.323. The molecule has 20 heavy (non-hydrogen) atoms. The summed E-state index contributed by atoms with van der Waals surface area (Å²) < 4.78 is 27.8. The summed E-state index contributed by atoms with van der Waals surface area (Å²) in [5.74, 6) is 0. The van der Waals surface area contributed by atoms with Crippen molar-refractivity contribution in [2.75, 3.05) is 14.1 Å². The summed E-state index contributed by atoms with van der Waals surface area (Å²) in [7, 11) is -0.569. The topological polar surface area (TPSA) is 80.1 Å². The van der Waals surface area contributed by atoms with Crippen LogP contribution in [0.3, 0.4) is 0 Å². The smallest absolute Gasteiger partial charge is 0.195 e. The first-order chi connectivity index (χ1) is 9.49. The van der Waals surface area contributed by atoms with E-state index in [2.05, 4.69) is 14.9 Å². The first kappa shape index (κ1) is 14.6. The number of rotatable bonds is 6. The Hall–Kier alpha value is -1.77. The highest BCUT2D eigenvalue weighted by molar-refractivity contribution is 7.87. The second-order valence-corrected chi connectivity index (χ2v) is 6.37. The Kier molecular flexibility index (Phi) is 4.48. The van der Waals surface area contributed by atoms with Crippen LogP contribution in [0.2, 0.25) is 0 Å². The van der Waals surface area contributed by atoms with E-state index in [1.165, 1.54) is 18.9 Å². The Morgan fingerprint density at radius 1 is 1.20 bits per heavy atom. The standard InChI is InChI=1S/C12H17N5O2S/c1-16(2)20(18,19)15-12(10-17-13-8-9-14-17)11-6-4-3-5-7-11/h3-9,12,15H,10H2,1-2H3. The zero-order valence-corrected chi connectivity index (χ0v) is 12.2. The van der Waals surface area contributed by atoms with Gasteiger partial charge < -0.3 is 0 Å². The van der Waals surface area contributed by atoms with Crippen LogP contribution in [0.25, 0.3) is 0 Å². The van der Waals surface area contributed by atoms with E-state index in [9.17, 15) is 8.42 Å². The average molecular weight is 295 g/mol. The molecule has 8 heteroatoms. The number of hydrogen-bond donors (Lipinski definition) is 1. The zero-order chi connectivity index (χ0) is 14.6. The Morgan fingerprint density at radius 2 is 1.80 bits per heavy atom. The second-order valence-electron chi connectivity index (χ2n) is 4.45. The van der Waals surface area contributed by atoms with Gasteiger partial charge in [0.2, 0.25) is 0 Å². The Bertz CT molecular complexity index is 625. The van der Waals surface area contributed by atoms with Crippen molar-refractivity contribution in [3.63, 3.8) is 0 Å². The van der Waals surface area contributed by atoms with Crippen molar-refractivity contribution >= 4 is 10.2 Å². The van der Waals surface area contributed by atoms with E-state index in [0.29, 0.717) is 6.54 Å². The lowest BCUT2D eigenvalue weighted by atomic mass is 10.1. The molecule has 1 aromatic heterocycles. The molecule has 7 nitrogen and oxygen atoms in total. The Labute approximate surface area is 118 Å². The van der Waals surface area contributed by atoms with Gasteiger partial charge in [0, 0.05) is 14.1 Å². The van der Waals surface area contributed by atoms with Crippen molar-refractivity contribution in [2.24, 2.45) is 0 Å². The molecule has 0 saturated carbocycles. The molecule has 0 saturated heterocycles. The summed E-state index contributed by atoms with van der Waals surface area (Å²) in [6, 6.07) is 8.91. The third-order valence-corrected chi connectivity index (χ3v) is 4.33. The molecule has 1 heterocycles. The van der Waals surface area contributed by atoms with Crippen LogP contribution in [0.15, 0.2) is 42.7 Å². The van der Waals surface area contributed by atoms with Gasteiger partial charge in [-0.15, -0.1) is 0 Å². The Morgan fingerprint density at radius 3 is 2.35 bits per heavy atom. The molecule has 0 amide bonds. The van der Waals surface area contributed by atoms with Gasteiger partial charge in [-0.05, 0) is 5.56 Å². The quantitative estimate of drug-likeness (QED) is 0.837. The molecule has 0 bridgehead atoms. The molecule has 2 aromatic rings. The molecular formula is C12H17N5O2S. The van der Waals surface area contributed by atoms with Crippen LogP contribution in [-0.4, -0.2) is 41.8 Å². The largest absolute Gasteiger partial charge is 0.279 e. The predicted molar refractivity (Wildman–Crippen MR) is 74.9 cm³/mol. The first-order valence-electron chi connectivity index (χ1n) is 6.08. The summed E-state index contributed by atoms with van der Waals surface area (Å²) in [4.78, 5) is 1.45. The molecule has 1 N–H and O–H groups in total. The fourth-order valence-electron chi connectivity index (χ4n) is 1.68. The van der Waals surface area contributed by atoms with E-state index in [0.717, 1.165) is 9.87 Å². The van der Waals surface area contributed by atoms with Crippen molar-refractivity contribution in [3.8, 4) is 0 Å². The fourth-order valence-corrected chi connectivity index (χ4v) is 2.46. The summed E-state index contributed by atoms with van der Waals surface area (Å²) in [5, 5.41) is 8.03. The van der Waals surface area contributed by atoms with Crippen molar-refractivity contribution in [1.29, 1.82) is 0 Å². The average Bonchev–Trinajstić information content (AvgIpc) is 2.91. The minimum Gasteiger partial charge on any atom is -0.195 e. The fraction of sp³-hybridized carbons (Fsp3) is 0.333. The Balaban J connectivity index is 2.25. The second kappa shape index (κ2) is 6.12. The maximum absolute atomic E-state index is 12.0. The van der Waals surface area contributed by atoms with E-state index < -0.39 is 16.3 Å². The SMILES string of the molecule is CN(C)S(=O)(=O)NC(Cn1nccn1)c1ccccc1. The van der Waals surface area contributed by atoms with E-state index in [4.69, 9.17) is 0 Å². The lowest BCUT2D eigenvalue weighted by Crippen LogP contribution is -2.39. The van der Waals surface area contributed by atoms with Gasteiger partial charge in [0.05, 0.1) is 25.0 Å². The maximum atomic E-state index is 12.0. The minimum atomic E-state index is -3.53. The van der Waals surface area contributed by atoms with E-state index in [-0.39, 0.29) is 0 Å². The molecule has 108 valence electrons. The van der Waals surface area contributed by atoms with Gasteiger partial charge in [-0.1, -0.05) is 30.3 Å². The highest BCUT2D eigenvalue weighted by Gasteiger charge is 2.22. The molecule has 0 radical (unpaired) electrons. The number of benzene rings is 1. The molecule has 0 aliphatic heterocycles. The maximum Gasteiger partial charge on any atom is 0.279 e. The van der Waals surface area contributed by atoms with Crippen molar-refractivity contribution in [3.05, 3.63) is 48.3 Å². The third-order valence-electron chi connectivity index (χ3n) is 2.79. The lowest BCUT2D eigenvalue weighted by Gasteiger charge is -2.21. The highest BCUT2D eigenvalue weighted by Crippen LogP contribution is 2.15. The zero-order valence-electron chi connectivity index (χ0n) is 11.3. The molecule has 1 unspecified atom stereocenters. The molecule has 0 spiro atoms. The van der Waals surface area contributed by atoms with Crippen LogP contribution in [-0.2, 0) is 16.8 Å². The van der Waals surface area contributed by atoms with Crippen LogP contribution in [0.1, 0.15) is 11.6 Å². The van der Waals surface area contributed by atoms with Crippen LogP contribution < -0.4 is 4.72 Å². The molecule has 0 aliphatic carbocycles. The van der Waals surface area contributed by atoms with Crippen LogP contribution in [0.4, 0.5) is 0 Å². The lowest BCUT2D eigenvalue weighted by molar-refractivity contribution is 0.428. The number of hydrogen-bond acceptors (Lipinski definition) is 4. The molecule has 2 rings (SSSR count). The van der Waals surface area contributed by atoms with Gasteiger partial charge in [-0.25, -0.2) is 0 Å².